The second-order valence-corrected chi connectivity index (χ2v) is 5.67. The lowest BCUT2D eigenvalue weighted by molar-refractivity contribution is -0.125. The van der Waals surface area contributed by atoms with Crippen LogP contribution in [-0.4, -0.2) is 24.5 Å². The van der Waals surface area contributed by atoms with Crippen molar-refractivity contribution in [1.29, 1.82) is 0 Å². The fourth-order valence-corrected chi connectivity index (χ4v) is 2.71. The number of halogens is 1. The third-order valence-corrected chi connectivity index (χ3v) is 3.90. The van der Waals surface area contributed by atoms with Crippen LogP contribution in [-0.2, 0) is 9.53 Å². The summed E-state index contributed by atoms with van der Waals surface area (Å²) in [6.07, 6.45) is 7.82. The molecule has 1 aromatic rings. The standard InChI is InChI=1S/C17H22FNO3/c18-15-11-7-6-10-14(15)17(21)22-12-16(20)19-13-8-4-2-1-3-5-9-13/h6-7,10-11,13H,1-5,8-9,12H2,(H,19,20). The van der Waals surface area contributed by atoms with Crippen LogP contribution >= 0.6 is 0 Å². The molecule has 0 radical (unpaired) electrons. The van der Waals surface area contributed by atoms with Crippen molar-refractivity contribution in [1.82, 2.24) is 5.32 Å². The highest BCUT2D eigenvalue weighted by molar-refractivity contribution is 5.91. The summed E-state index contributed by atoms with van der Waals surface area (Å²) >= 11 is 0. The lowest BCUT2D eigenvalue weighted by Gasteiger charge is -2.20. The van der Waals surface area contributed by atoms with Crippen molar-refractivity contribution < 1.29 is 18.7 Å². The van der Waals surface area contributed by atoms with E-state index in [2.05, 4.69) is 5.32 Å². The van der Waals surface area contributed by atoms with Crippen LogP contribution in [0.4, 0.5) is 4.39 Å². The molecule has 0 aliphatic heterocycles. The highest BCUT2D eigenvalue weighted by atomic mass is 19.1. The second-order valence-electron chi connectivity index (χ2n) is 5.67. The quantitative estimate of drug-likeness (QED) is 0.869. The largest absolute Gasteiger partial charge is 0.452 e. The molecule has 0 spiro atoms. The van der Waals surface area contributed by atoms with Crippen molar-refractivity contribution >= 4 is 11.9 Å². The maximum Gasteiger partial charge on any atom is 0.341 e. The van der Waals surface area contributed by atoms with Gasteiger partial charge < -0.3 is 10.1 Å². The van der Waals surface area contributed by atoms with Crippen LogP contribution in [0.25, 0.3) is 0 Å². The Bertz CT molecular complexity index is 510. The maximum absolute atomic E-state index is 13.4. The van der Waals surface area contributed by atoms with E-state index in [-0.39, 0.29) is 24.1 Å². The summed E-state index contributed by atoms with van der Waals surface area (Å²) in [4.78, 5) is 23.6. The van der Waals surface area contributed by atoms with Gasteiger partial charge in [0.25, 0.3) is 5.91 Å². The van der Waals surface area contributed by atoms with E-state index in [1.165, 1.54) is 37.5 Å². The molecule has 0 saturated heterocycles. The molecule has 1 aromatic carbocycles. The number of hydrogen-bond acceptors (Lipinski definition) is 3. The Balaban J connectivity index is 1.77. The number of ether oxygens (including phenoxy) is 1. The molecule has 2 rings (SSSR count). The normalized spacial score (nSPS) is 16.4. The van der Waals surface area contributed by atoms with E-state index < -0.39 is 11.8 Å². The van der Waals surface area contributed by atoms with Crippen molar-refractivity contribution in [2.75, 3.05) is 6.61 Å². The monoisotopic (exact) mass is 307 g/mol. The zero-order chi connectivity index (χ0) is 15.8. The molecule has 1 N–H and O–H groups in total. The van der Waals surface area contributed by atoms with Gasteiger partial charge in [-0.3, -0.25) is 4.79 Å². The highest BCUT2D eigenvalue weighted by Crippen LogP contribution is 2.17. The fourth-order valence-electron chi connectivity index (χ4n) is 2.71. The third-order valence-electron chi connectivity index (χ3n) is 3.90. The molecule has 0 unspecified atom stereocenters. The molecule has 1 fully saturated rings. The number of hydrogen-bond donors (Lipinski definition) is 1. The molecular weight excluding hydrogens is 285 g/mol. The lowest BCUT2D eigenvalue weighted by Crippen LogP contribution is -2.38. The van der Waals surface area contributed by atoms with E-state index >= 15 is 0 Å². The minimum atomic E-state index is -0.814. The smallest absolute Gasteiger partial charge is 0.341 e. The zero-order valence-electron chi connectivity index (χ0n) is 12.6. The number of benzene rings is 1. The molecule has 0 bridgehead atoms. The highest BCUT2D eigenvalue weighted by Gasteiger charge is 2.17. The Morgan fingerprint density at radius 2 is 1.73 bits per heavy atom. The number of amides is 1. The maximum atomic E-state index is 13.4. The van der Waals surface area contributed by atoms with Gasteiger partial charge >= 0.3 is 5.97 Å². The van der Waals surface area contributed by atoms with Gasteiger partial charge in [-0.15, -0.1) is 0 Å². The van der Waals surface area contributed by atoms with Crippen LogP contribution < -0.4 is 5.32 Å². The second kappa shape index (κ2) is 8.51. The van der Waals surface area contributed by atoms with Gasteiger partial charge in [-0.05, 0) is 25.0 Å². The lowest BCUT2D eigenvalue weighted by atomic mass is 9.97. The Labute approximate surface area is 130 Å². The molecule has 0 heterocycles. The van der Waals surface area contributed by atoms with Gasteiger partial charge in [0, 0.05) is 6.04 Å². The summed E-state index contributed by atoms with van der Waals surface area (Å²) in [6.45, 7) is -0.371. The van der Waals surface area contributed by atoms with E-state index in [4.69, 9.17) is 4.74 Å². The number of nitrogens with one attached hydrogen (secondary N) is 1. The van der Waals surface area contributed by atoms with Crippen LogP contribution in [0.3, 0.4) is 0 Å². The summed E-state index contributed by atoms with van der Waals surface area (Å²) in [7, 11) is 0. The molecule has 1 aliphatic rings. The van der Waals surface area contributed by atoms with E-state index in [1.807, 2.05) is 0 Å². The molecule has 4 nitrogen and oxygen atoms in total. The van der Waals surface area contributed by atoms with Crippen molar-refractivity contribution in [3.05, 3.63) is 35.6 Å². The predicted octanol–water partition coefficient (Wildman–Crippen LogP) is 3.21. The van der Waals surface area contributed by atoms with Crippen LogP contribution in [0.5, 0.6) is 0 Å². The number of rotatable bonds is 4. The fraction of sp³-hybridized carbons (Fsp3) is 0.529. The van der Waals surface area contributed by atoms with E-state index in [1.54, 1.807) is 6.07 Å². The third kappa shape index (κ3) is 5.13. The van der Waals surface area contributed by atoms with E-state index in [0.717, 1.165) is 25.7 Å². The van der Waals surface area contributed by atoms with Crippen molar-refractivity contribution in [3.63, 3.8) is 0 Å². The van der Waals surface area contributed by atoms with Crippen molar-refractivity contribution in [2.45, 2.75) is 51.0 Å². The van der Waals surface area contributed by atoms with Gasteiger partial charge in [-0.2, -0.15) is 0 Å². The molecule has 1 amide bonds. The van der Waals surface area contributed by atoms with Gasteiger partial charge in [0.2, 0.25) is 0 Å². The van der Waals surface area contributed by atoms with Crippen LogP contribution in [0.2, 0.25) is 0 Å². The molecule has 22 heavy (non-hydrogen) atoms. The van der Waals surface area contributed by atoms with Crippen molar-refractivity contribution in [3.8, 4) is 0 Å². The van der Waals surface area contributed by atoms with Gasteiger partial charge in [0.1, 0.15) is 5.82 Å². The number of carbonyl (C=O) groups excluding carboxylic acids is 2. The summed E-state index contributed by atoms with van der Waals surface area (Å²) in [5.74, 6) is -1.78. The SMILES string of the molecule is O=C(COC(=O)c1ccccc1F)NC1CCCCCCC1. The minimum absolute atomic E-state index is 0.152. The van der Waals surface area contributed by atoms with Crippen LogP contribution in [0.1, 0.15) is 55.3 Å². The molecule has 0 aromatic heterocycles. The molecule has 5 heteroatoms. The predicted molar refractivity (Wildman–Crippen MR) is 80.9 cm³/mol. The summed E-state index contributed by atoms with van der Waals surface area (Å²) in [6, 6.07) is 5.72. The van der Waals surface area contributed by atoms with E-state index in [9.17, 15) is 14.0 Å². The van der Waals surface area contributed by atoms with Gasteiger partial charge in [-0.25, -0.2) is 9.18 Å². The summed E-state index contributed by atoms with van der Waals surface area (Å²) in [5.41, 5.74) is -0.152. The molecular formula is C17H22FNO3. The van der Waals surface area contributed by atoms with E-state index in [0.29, 0.717) is 0 Å². The summed E-state index contributed by atoms with van der Waals surface area (Å²) in [5, 5.41) is 2.90. The molecule has 1 saturated carbocycles. The van der Waals surface area contributed by atoms with Gasteiger partial charge in [0.15, 0.2) is 6.61 Å². The Morgan fingerprint density at radius 3 is 2.41 bits per heavy atom. The number of esters is 1. The first-order valence-electron chi connectivity index (χ1n) is 7.88. The Kier molecular flexibility index (Phi) is 6.37. The average molecular weight is 307 g/mol. The first-order chi connectivity index (χ1) is 10.7. The number of carbonyl (C=O) groups is 2. The average Bonchev–Trinajstić information content (AvgIpc) is 2.48. The van der Waals surface area contributed by atoms with Crippen LogP contribution in [0, 0.1) is 5.82 Å². The van der Waals surface area contributed by atoms with Crippen molar-refractivity contribution in [2.24, 2.45) is 0 Å². The Morgan fingerprint density at radius 1 is 1.09 bits per heavy atom. The Hall–Kier alpha value is -1.91. The van der Waals surface area contributed by atoms with Crippen LogP contribution in [0.15, 0.2) is 24.3 Å². The molecule has 0 atom stereocenters. The summed E-state index contributed by atoms with van der Waals surface area (Å²) < 4.78 is 18.3. The first-order valence-corrected chi connectivity index (χ1v) is 7.88. The molecule has 1 aliphatic carbocycles. The molecule has 120 valence electrons. The minimum Gasteiger partial charge on any atom is -0.452 e. The first kappa shape index (κ1) is 16.5. The van der Waals surface area contributed by atoms with Gasteiger partial charge in [-0.1, -0.05) is 44.2 Å². The zero-order valence-corrected chi connectivity index (χ0v) is 12.6. The van der Waals surface area contributed by atoms with Gasteiger partial charge in [0.05, 0.1) is 5.56 Å². The topological polar surface area (TPSA) is 55.4 Å².